The number of hydrogen-bond acceptors (Lipinski definition) is 4. The highest BCUT2D eigenvalue weighted by Gasteiger charge is 2.40. The average molecular weight is 284 g/mol. The van der Waals surface area contributed by atoms with Crippen LogP contribution in [0.15, 0.2) is 12.7 Å². The smallest absolute Gasteiger partial charge is 0.311 e. The minimum Gasteiger partial charge on any atom is -0.463 e. The van der Waals surface area contributed by atoms with E-state index in [9.17, 15) is 9.90 Å². The highest BCUT2D eigenvalue weighted by atomic mass is 16.6. The lowest BCUT2D eigenvalue weighted by Crippen LogP contribution is -2.50. The van der Waals surface area contributed by atoms with Crippen molar-refractivity contribution in [3.8, 4) is 0 Å². The molecule has 2 unspecified atom stereocenters. The Labute approximate surface area is 122 Å². The zero-order valence-electron chi connectivity index (χ0n) is 13.3. The van der Waals surface area contributed by atoms with Crippen molar-refractivity contribution in [2.75, 3.05) is 6.61 Å². The molecule has 0 spiro atoms. The Morgan fingerprint density at radius 2 is 1.85 bits per heavy atom. The van der Waals surface area contributed by atoms with Crippen molar-refractivity contribution in [2.45, 2.75) is 59.4 Å². The summed E-state index contributed by atoms with van der Waals surface area (Å²) in [6.07, 6.45) is 1.69. The molecule has 1 aliphatic rings. The normalized spacial score (nSPS) is 34.6. The number of aliphatic hydroxyl groups is 1. The Morgan fingerprint density at radius 3 is 2.35 bits per heavy atom. The monoisotopic (exact) mass is 284 g/mol. The van der Waals surface area contributed by atoms with Crippen LogP contribution in [0.2, 0.25) is 0 Å². The number of carbonyl (C=O) groups excluding carboxylic acids is 1. The molecular formula is C16H28O4. The summed E-state index contributed by atoms with van der Waals surface area (Å²) in [6.45, 7) is 13.3. The molecular weight excluding hydrogens is 256 g/mol. The van der Waals surface area contributed by atoms with Crippen molar-refractivity contribution in [1.29, 1.82) is 0 Å². The molecule has 1 rings (SSSR count). The van der Waals surface area contributed by atoms with E-state index in [0.29, 0.717) is 6.42 Å². The maximum atomic E-state index is 11.8. The Morgan fingerprint density at radius 1 is 1.30 bits per heavy atom. The number of rotatable bonds is 4. The molecule has 20 heavy (non-hydrogen) atoms. The van der Waals surface area contributed by atoms with Crippen molar-refractivity contribution in [3.05, 3.63) is 12.7 Å². The van der Waals surface area contributed by atoms with E-state index in [-0.39, 0.29) is 36.6 Å². The third-order valence-corrected chi connectivity index (χ3v) is 3.99. The van der Waals surface area contributed by atoms with Gasteiger partial charge in [-0.05, 0) is 27.2 Å². The fourth-order valence-electron chi connectivity index (χ4n) is 2.39. The summed E-state index contributed by atoms with van der Waals surface area (Å²) in [6, 6.07) is 0. The second-order valence-corrected chi connectivity index (χ2v) is 6.79. The predicted octanol–water partition coefficient (Wildman–Crippen LogP) is 2.55. The molecule has 0 amide bonds. The fourth-order valence-corrected chi connectivity index (χ4v) is 2.39. The van der Waals surface area contributed by atoms with E-state index < -0.39 is 11.5 Å². The van der Waals surface area contributed by atoms with Gasteiger partial charge >= 0.3 is 5.97 Å². The van der Waals surface area contributed by atoms with Crippen LogP contribution in [0.3, 0.4) is 0 Å². The quantitative estimate of drug-likeness (QED) is 0.637. The van der Waals surface area contributed by atoms with Gasteiger partial charge in [0, 0.05) is 11.8 Å². The van der Waals surface area contributed by atoms with E-state index in [1.807, 2.05) is 34.6 Å². The van der Waals surface area contributed by atoms with E-state index in [4.69, 9.17) is 9.47 Å². The summed E-state index contributed by atoms with van der Waals surface area (Å²) < 4.78 is 11.3. The van der Waals surface area contributed by atoms with Crippen molar-refractivity contribution in [1.82, 2.24) is 0 Å². The summed E-state index contributed by atoms with van der Waals surface area (Å²) in [5, 5.41) is 10.3. The van der Waals surface area contributed by atoms with Crippen molar-refractivity contribution in [2.24, 2.45) is 17.3 Å². The maximum absolute atomic E-state index is 11.8. The van der Waals surface area contributed by atoms with Crippen molar-refractivity contribution in [3.63, 3.8) is 0 Å². The van der Waals surface area contributed by atoms with Crippen LogP contribution < -0.4 is 0 Å². The number of aliphatic hydroxyl groups excluding tert-OH is 1. The zero-order valence-corrected chi connectivity index (χ0v) is 13.3. The standard InChI is InChI=1S/C16H28O4/c1-7-8-12-10(2)14(17)11(3)13(20-12)9-19-15(18)16(4,5)6/h7,10-14,17H,1,8-9H2,2-6H3/t10?,11-,12+,13?,14+/m0/s1. The first-order valence-corrected chi connectivity index (χ1v) is 7.30. The minimum absolute atomic E-state index is 0.0533. The molecule has 1 fully saturated rings. The molecule has 5 atom stereocenters. The Bertz CT molecular complexity index is 345. The van der Waals surface area contributed by atoms with Crippen LogP contribution in [0.1, 0.15) is 41.0 Å². The van der Waals surface area contributed by atoms with Crippen molar-refractivity contribution < 1.29 is 19.4 Å². The van der Waals surface area contributed by atoms with Crippen LogP contribution in [-0.2, 0) is 14.3 Å². The molecule has 1 saturated heterocycles. The molecule has 0 bridgehead atoms. The lowest BCUT2D eigenvalue weighted by Gasteiger charge is -2.42. The Hall–Kier alpha value is -0.870. The zero-order chi connectivity index (χ0) is 15.5. The molecule has 4 heteroatoms. The third-order valence-electron chi connectivity index (χ3n) is 3.99. The van der Waals surface area contributed by atoms with Gasteiger partial charge in [-0.25, -0.2) is 0 Å². The summed E-state index contributed by atoms with van der Waals surface area (Å²) in [5.74, 6) is -0.252. The molecule has 0 aromatic rings. The number of hydrogen-bond donors (Lipinski definition) is 1. The molecule has 0 aliphatic carbocycles. The number of ether oxygens (including phenoxy) is 2. The lowest BCUT2D eigenvalue weighted by atomic mass is 9.82. The molecule has 0 aromatic heterocycles. The summed E-state index contributed by atoms with van der Waals surface area (Å²) in [5.41, 5.74) is -0.523. The van der Waals surface area contributed by atoms with E-state index in [2.05, 4.69) is 6.58 Å². The second kappa shape index (κ2) is 6.72. The Balaban J connectivity index is 2.64. The second-order valence-electron chi connectivity index (χ2n) is 6.79. The van der Waals surface area contributed by atoms with Gasteiger partial charge in [0.1, 0.15) is 6.61 Å². The predicted molar refractivity (Wildman–Crippen MR) is 78.2 cm³/mol. The van der Waals surface area contributed by atoms with Gasteiger partial charge in [-0.1, -0.05) is 19.9 Å². The van der Waals surface area contributed by atoms with Crippen LogP contribution >= 0.6 is 0 Å². The van der Waals surface area contributed by atoms with Gasteiger partial charge < -0.3 is 14.6 Å². The van der Waals surface area contributed by atoms with Gasteiger partial charge in [0.15, 0.2) is 0 Å². The van der Waals surface area contributed by atoms with Crippen LogP contribution in [0.5, 0.6) is 0 Å². The maximum Gasteiger partial charge on any atom is 0.311 e. The van der Waals surface area contributed by atoms with E-state index in [0.717, 1.165) is 0 Å². The highest BCUT2D eigenvalue weighted by molar-refractivity contribution is 5.75. The minimum atomic E-state index is -0.523. The molecule has 116 valence electrons. The first-order valence-electron chi connectivity index (χ1n) is 7.30. The van der Waals surface area contributed by atoms with E-state index in [1.54, 1.807) is 6.08 Å². The molecule has 1 heterocycles. The Kier molecular flexibility index (Phi) is 5.78. The molecule has 1 N–H and O–H groups in total. The fraction of sp³-hybridized carbons (Fsp3) is 0.812. The average Bonchev–Trinajstić information content (AvgIpc) is 2.36. The van der Waals surface area contributed by atoms with Crippen molar-refractivity contribution >= 4 is 5.97 Å². The van der Waals surface area contributed by atoms with Crippen LogP contribution in [0, 0.1) is 17.3 Å². The lowest BCUT2D eigenvalue weighted by molar-refractivity contribution is -0.188. The van der Waals surface area contributed by atoms with E-state index >= 15 is 0 Å². The first-order chi connectivity index (χ1) is 9.18. The first kappa shape index (κ1) is 17.2. The number of esters is 1. The van der Waals surface area contributed by atoms with Gasteiger partial charge in [-0.15, -0.1) is 6.58 Å². The topological polar surface area (TPSA) is 55.8 Å². The molecule has 4 nitrogen and oxygen atoms in total. The third kappa shape index (κ3) is 4.06. The van der Waals surface area contributed by atoms with Crippen LogP contribution in [-0.4, -0.2) is 36.0 Å². The molecule has 0 radical (unpaired) electrons. The summed E-state index contributed by atoms with van der Waals surface area (Å²) in [4.78, 5) is 11.8. The SMILES string of the molecule is C=CC[C@H]1OC(COC(=O)C(C)(C)C)[C@H](C)[C@H](O)C1C. The molecule has 0 aromatic carbocycles. The van der Waals surface area contributed by atoms with E-state index in [1.165, 1.54) is 0 Å². The van der Waals surface area contributed by atoms with Gasteiger partial charge in [-0.2, -0.15) is 0 Å². The summed E-state index contributed by atoms with van der Waals surface area (Å²) >= 11 is 0. The highest BCUT2D eigenvalue weighted by Crippen LogP contribution is 2.32. The van der Waals surface area contributed by atoms with Gasteiger partial charge in [0.2, 0.25) is 0 Å². The molecule has 0 saturated carbocycles. The van der Waals surface area contributed by atoms with Gasteiger partial charge in [0.25, 0.3) is 0 Å². The van der Waals surface area contributed by atoms with Gasteiger partial charge in [0.05, 0.1) is 23.7 Å². The van der Waals surface area contributed by atoms with Crippen LogP contribution in [0.4, 0.5) is 0 Å². The largest absolute Gasteiger partial charge is 0.463 e. The molecule has 1 aliphatic heterocycles. The van der Waals surface area contributed by atoms with Gasteiger partial charge in [-0.3, -0.25) is 4.79 Å². The number of carbonyl (C=O) groups is 1. The summed E-state index contributed by atoms with van der Waals surface area (Å²) in [7, 11) is 0. The van der Waals surface area contributed by atoms with Crippen LogP contribution in [0.25, 0.3) is 0 Å².